The fraction of sp³-hybridized carbons (Fsp3) is 0.188. The Morgan fingerprint density at radius 1 is 1.20 bits per heavy atom. The molecule has 2 aromatic carbocycles. The highest BCUT2D eigenvalue weighted by molar-refractivity contribution is 6.31. The first-order valence-corrected chi connectivity index (χ1v) is 6.65. The van der Waals surface area contributed by atoms with E-state index in [-0.39, 0.29) is 11.7 Å². The minimum atomic E-state index is -1.00. The topological polar surface area (TPSA) is 46.5 Å². The molecule has 0 spiro atoms. The van der Waals surface area contributed by atoms with Gasteiger partial charge in [0.05, 0.1) is 11.7 Å². The van der Waals surface area contributed by atoms with Crippen LogP contribution in [0.1, 0.15) is 24.2 Å². The van der Waals surface area contributed by atoms with Gasteiger partial charge in [-0.3, -0.25) is 0 Å². The van der Waals surface area contributed by atoms with Crippen LogP contribution in [0.2, 0.25) is 5.02 Å². The van der Waals surface area contributed by atoms with Crippen LogP contribution in [0.25, 0.3) is 11.1 Å². The van der Waals surface area contributed by atoms with Gasteiger partial charge >= 0.3 is 5.97 Å². The third-order valence-corrected chi connectivity index (χ3v) is 2.92. The molecule has 0 saturated heterocycles. The molecule has 0 atom stereocenters. The van der Waals surface area contributed by atoms with Gasteiger partial charge in [-0.15, -0.1) is 0 Å². The molecule has 3 nitrogen and oxygen atoms in total. The second kappa shape index (κ2) is 5.97. The van der Waals surface area contributed by atoms with Crippen molar-refractivity contribution in [1.82, 2.24) is 0 Å². The van der Waals surface area contributed by atoms with Crippen molar-refractivity contribution in [2.24, 2.45) is 0 Å². The zero-order valence-electron chi connectivity index (χ0n) is 11.3. The lowest BCUT2D eigenvalue weighted by Gasteiger charge is -2.14. The molecule has 0 saturated carbocycles. The Bertz CT molecular complexity index is 635. The molecule has 2 rings (SSSR count). The zero-order valence-corrected chi connectivity index (χ0v) is 12.0. The highest BCUT2D eigenvalue weighted by Crippen LogP contribution is 2.32. The second-order valence-corrected chi connectivity index (χ2v) is 5.13. The Morgan fingerprint density at radius 3 is 2.55 bits per heavy atom. The number of aromatic carboxylic acids is 1. The quantitative estimate of drug-likeness (QED) is 0.902. The van der Waals surface area contributed by atoms with E-state index in [0.29, 0.717) is 10.8 Å². The summed E-state index contributed by atoms with van der Waals surface area (Å²) in [7, 11) is 0. The van der Waals surface area contributed by atoms with Crippen molar-refractivity contribution in [2.75, 3.05) is 0 Å². The van der Waals surface area contributed by atoms with E-state index in [4.69, 9.17) is 21.4 Å². The molecule has 0 amide bonds. The third-order valence-electron chi connectivity index (χ3n) is 2.71. The molecule has 0 unspecified atom stereocenters. The normalized spacial score (nSPS) is 10.6. The lowest BCUT2D eigenvalue weighted by molar-refractivity contribution is 0.0697. The summed E-state index contributed by atoms with van der Waals surface area (Å²) in [4.78, 5) is 11.1. The lowest BCUT2D eigenvalue weighted by Crippen LogP contribution is -2.06. The number of hydrogen-bond donors (Lipinski definition) is 1. The van der Waals surface area contributed by atoms with Crippen molar-refractivity contribution in [1.29, 1.82) is 0 Å². The smallest absolute Gasteiger partial charge is 0.335 e. The number of hydrogen-bond acceptors (Lipinski definition) is 2. The van der Waals surface area contributed by atoms with Crippen molar-refractivity contribution in [2.45, 2.75) is 20.0 Å². The predicted molar refractivity (Wildman–Crippen MR) is 79.6 cm³/mol. The summed E-state index contributed by atoms with van der Waals surface area (Å²) in [6.45, 7) is 3.88. The SMILES string of the molecule is CC(C)Oc1ccccc1-c1cc(Cl)cc(C(=O)O)c1. The first-order chi connectivity index (χ1) is 9.47. The Kier molecular flexibility index (Phi) is 4.30. The average molecular weight is 291 g/mol. The number of benzene rings is 2. The van der Waals surface area contributed by atoms with Crippen molar-refractivity contribution in [3.8, 4) is 16.9 Å². The molecule has 104 valence electrons. The van der Waals surface area contributed by atoms with Crippen LogP contribution >= 0.6 is 11.6 Å². The van der Waals surface area contributed by atoms with Crippen LogP contribution in [0.15, 0.2) is 42.5 Å². The molecule has 0 radical (unpaired) electrons. The fourth-order valence-electron chi connectivity index (χ4n) is 1.93. The summed E-state index contributed by atoms with van der Waals surface area (Å²) >= 11 is 6.00. The van der Waals surface area contributed by atoms with Crippen molar-refractivity contribution < 1.29 is 14.6 Å². The van der Waals surface area contributed by atoms with Gasteiger partial charge < -0.3 is 9.84 Å². The molecule has 0 aliphatic rings. The van der Waals surface area contributed by atoms with Crippen LogP contribution in [0.3, 0.4) is 0 Å². The van der Waals surface area contributed by atoms with Gasteiger partial charge in [-0.05, 0) is 43.7 Å². The first kappa shape index (κ1) is 14.4. The van der Waals surface area contributed by atoms with Gasteiger partial charge in [0, 0.05) is 10.6 Å². The van der Waals surface area contributed by atoms with Gasteiger partial charge in [0.15, 0.2) is 0 Å². The number of rotatable bonds is 4. The molecule has 0 aliphatic heterocycles. The number of carboxylic acid groups (broad SMARTS) is 1. The maximum Gasteiger partial charge on any atom is 0.335 e. The molecule has 4 heteroatoms. The number of carbonyl (C=O) groups is 1. The molecule has 0 aromatic heterocycles. The molecule has 1 N–H and O–H groups in total. The summed E-state index contributed by atoms with van der Waals surface area (Å²) < 4.78 is 5.75. The zero-order chi connectivity index (χ0) is 14.7. The molecule has 20 heavy (non-hydrogen) atoms. The van der Waals surface area contributed by atoms with Gasteiger partial charge in [-0.25, -0.2) is 4.79 Å². The van der Waals surface area contributed by atoms with E-state index in [2.05, 4.69) is 0 Å². The molecular formula is C16H15ClO3. The van der Waals surface area contributed by atoms with Gasteiger partial charge in [0.1, 0.15) is 5.75 Å². The first-order valence-electron chi connectivity index (χ1n) is 6.27. The Labute approximate surface area is 122 Å². The molecule has 0 heterocycles. The number of halogens is 1. The number of ether oxygens (including phenoxy) is 1. The lowest BCUT2D eigenvalue weighted by atomic mass is 10.0. The molecule has 0 bridgehead atoms. The van der Waals surface area contributed by atoms with Gasteiger partial charge in [0.2, 0.25) is 0 Å². The third kappa shape index (κ3) is 3.31. The van der Waals surface area contributed by atoms with E-state index in [9.17, 15) is 4.79 Å². The van der Waals surface area contributed by atoms with Gasteiger partial charge in [0.25, 0.3) is 0 Å². The maximum absolute atomic E-state index is 11.1. The molecule has 0 fully saturated rings. The van der Waals surface area contributed by atoms with Gasteiger partial charge in [-0.2, -0.15) is 0 Å². The molecule has 0 aliphatic carbocycles. The molecular weight excluding hydrogens is 276 g/mol. The van der Waals surface area contributed by atoms with Crippen molar-refractivity contribution in [3.63, 3.8) is 0 Å². The largest absolute Gasteiger partial charge is 0.490 e. The minimum Gasteiger partial charge on any atom is -0.490 e. The summed E-state index contributed by atoms with van der Waals surface area (Å²) in [5.41, 5.74) is 1.71. The van der Waals surface area contributed by atoms with Crippen molar-refractivity contribution >= 4 is 17.6 Å². The van der Waals surface area contributed by atoms with E-state index in [0.717, 1.165) is 11.1 Å². The Hall–Kier alpha value is -2.00. The summed E-state index contributed by atoms with van der Waals surface area (Å²) in [5.74, 6) is -0.294. The Morgan fingerprint density at radius 2 is 1.90 bits per heavy atom. The second-order valence-electron chi connectivity index (χ2n) is 4.70. The van der Waals surface area contributed by atoms with E-state index in [1.165, 1.54) is 6.07 Å². The minimum absolute atomic E-state index is 0.0364. The average Bonchev–Trinajstić information content (AvgIpc) is 2.37. The van der Waals surface area contributed by atoms with Crippen LogP contribution < -0.4 is 4.74 Å². The van der Waals surface area contributed by atoms with Crippen LogP contribution in [0.5, 0.6) is 5.75 Å². The summed E-state index contributed by atoms with van der Waals surface area (Å²) in [6.07, 6.45) is 0.0364. The van der Waals surface area contributed by atoms with Crippen LogP contribution in [-0.2, 0) is 0 Å². The fourth-order valence-corrected chi connectivity index (χ4v) is 2.17. The monoisotopic (exact) mass is 290 g/mol. The Balaban J connectivity index is 2.53. The predicted octanol–water partition coefficient (Wildman–Crippen LogP) is 4.49. The van der Waals surface area contributed by atoms with Crippen molar-refractivity contribution in [3.05, 3.63) is 53.1 Å². The van der Waals surface area contributed by atoms with E-state index >= 15 is 0 Å². The highest BCUT2D eigenvalue weighted by Gasteiger charge is 2.11. The summed E-state index contributed by atoms with van der Waals surface area (Å²) in [5, 5.41) is 9.49. The number of carboxylic acids is 1. The highest BCUT2D eigenvalue weighted by atomic mass is 35.5. The number of para-hydroxylation sites is 1. The van der Waals surface area contributed by atoms with Gasteiger partial charge in [-0.1, -0.05) is 29.8 Å². The van der Waals surface area contributed by atoms with E-state index < -0.39 is 5.97 Å². The van der Waals surface area contributed by atoms with E-state index in [1.54, 1.807) is 12.1 Å². The van der Waals surface area contributed by atoms with Crippen LogP contribution in [-0.4, -0.2) is 17.2 Å². The maximum atomic E-state index is 11.1. The van der Waals surface area contributed by atoms with Crippen LogP contribution in [0.4, 0.5) is 0 Å². The summed E-state index contributed by atoms with van der Waals surface area (Å²) in [6, 6.07) is 12.3. The molecule has 2 aromatic rings. The van der Waals surface area contributed by atoms with Crippen LogP contribution in [0, 0.1) is 0 Å². The van der Waals surface area contributed by atoms with E-state index in [1.807, 2.05) is 38.1 Å². The standard InChI is InChI=1S/C16H15ClO3/c1-10(2)20-15-6-4-3-5-14(15)11-7-12(16(18)19)9-13(17)8-11/h3-10H,1-2H3,(H,18,19).